The molecule has 2 N–H and O–H groups in total. The highest BCUT2D eigenvalue weighted by atomic mass is 16.5. The molecule has 2 atom stereocenters. The predicted molar refractivity (Wildman–Crippen MR) is 49.0 cm³/mol. The van der Waals surface area contributed by atoms with Crippen LogP contribution in [0.5, 0.6) is 0 Å². The standard InChI is InChI=1S/C10H17NO2/c1-13-9(12)7-6-10(4-5-10)3-2-8(7)11/h7-8H,2-6,11H2,1H3. The number of methoxy groups -OCH3 is 1. The van der Waals surface area contributed by atoms with Gasteiger partial charge in [-0.2, -0.15) is 0 Å². The molecule has 13 heavy (non-hydrogen) atoms. The van der Waals surface area contributed by atoms with Crippen LogP contribution in [-0.4, -0.2) is 19.1 Å². The topological polar surface area (TPSA) is 52.3 Å². The molecule has 2 aliphatic carbocycles. The largest absolute Gasteiger partial charge is 0.469 e. The molecule has 2 unspecified atom stereocenters. The van der Waals surface area contributed by atoms with Crippen molar-refractivity contribution in [3.8, 4) is 0 Å². The summed E-state index contributed by atoms with van der Waals surface area (Å²) < 4.78 is 4.76. The van der Waals surface area contributed by atoms with Crippen molar-refractivity contribution in [2.24, 2.45) is 17.1 Å². The van der Waals surface area contributed by atoms with Gasteiger partial charge < -0.3 is 10.5 Å². The van der Waals surface area contributed by atoms with Gasteiger partial charge in [0.2, 0.25) is 0 Å². The number of hydrogen-bond donors (Lipinski definition) is 1. The second-order valence-electron chi connectivity index (χ2n) is 4.54. The van der Waals surface area contributed by atoms with Gasteiger partial charge in [0.25, 0.3) is 0 Å². The Morgan fingerprint density at radius 1 is 1.46 bits per heavy atom. The van der Waals surface area contributed by atoms with E-state index in [1.54, 1.807) is 0 Å². The Morgan fingerprint density at radius 3 is 2.69 bits per heavy atom. The van der Waals surface area contributed by atoms with Crippen molar-refractivity contribution in [1.82, 2.24) is 0 Å². The highest BCUT2D eigenvalue weighted by Crippen LogP contribution is 2.57. The zero-order valence-electron chi connectivity index (χ0n) is 8.08. The average molecular weight is 183 g/mol. The van der Waals surface area contributed by atoms with Crippen molar-refractivity contribution in [3.63, 3.8) is 0 Å². The lowest BCUT2D eigenvalue weighted by Crippen LogP contribution is -2.41. The number of nitrogens with two attached hydrogens (primary N) is 1. The number of ether oxygens (including phenoxy) is 1. The molecule has 0 saturated heterocycles. The monoisotopic (exact) mass is 183 g/mol. The van der Waals surface area contributed by atoms with Crippen LogP contribution in [0.2, 0.25) is 0 Å². The highest BCUT2D eigenvalue weighted by molar-refractivity contribution is 5.73. The number of esters is 1. The number of rotatable bonds is 1. The van der Waals surface area contributed by atoms with Crippen LogP contribution in [0.4, 0.5) is 0 Å². The van der Waals surface area contributed by atoms with E-state index in [-0.39, 0.29) is 17.9 Å². The molecule has 2 saturated carbocycles. The third-order valence-electron chi connectivity index (χ3n) is 3.64. The molecule has 0 heterocycles. The summed E-state index contributed by atoms with van der Waals surface area (Å²) >= 11 is 0. The molecule has 3 nitrogen and oxygen atoms in total. The second-order valence-corrected chi connectivity index (χ2v) is 4.54. The molecule has 0 radical (unpaired) electrons. The van der Waals surface area contributed by atoms with Crippen LogP contribution < -0.4 is 5.73 Å². The van der Waals surface area contributed by atoms with E-state index in [1.165, 1.54) is 26.4 Å². The fourth-order valence-electron chi connectivity index (χ4n) is 2.43. The van der Waals surface area contributed by atoms with Gasteiger partial charge in [0.15, 0.2) is 0 Å². The first-order valence-electron chi connectivity index (χ1n) is 5.00. The first-order valence-corrected chi connectivity index (χ1v) is 5.00. The molecule has 2 fully saturated rings. The first kappa shape index (κ1) is 9.00. The summed E-state index contributed by atoms with van der Waals surface area (Å²) in [6.07, 6.45) is 5.72. The summed E-state index contributed by atoms with van der Waals surface area (Å²) in [5, 5.41) is 0. The van der Waals surface area contributed by atoms with Gasteiger partial charge in [-0.05, 0) is 37.5 Å². The maximum atomic E-state index is 11.4. The molecular weight excluding hydrogens is 166 g/mol. The Balaban J connectivity index is 2.02. The van der Waals surface area contributed by atoms with Gasteiger partial charge in [0.05, 0.1) is 13.0 Å². The van der Waals surface area contributed by atoms with E-state index in [0.29, 0.717) is 5.41 Å². The first-order chi connectivity index (χ1) is 6.17. The van der Waals surface area contributed by atoms with Crippen LogP contribution in [-0.2, 0) is 9.53 Å². The molecule has 0 aliphatic heterocycles. The van der Waals surface area contributed by atoms with E-state index in [0.717, 1.165) is 12.8 Å². The minimum atomic E-state index is -0.113. The van der Waals surface area contributed by atoms with Gasteiger partial charge in [-0.25, -0.2) is 0 Å². The summed E-state index contributed by atoms with van der Waals surface area (Å²) in [5.74, 6) is -0.153. The molecule has 0 amide bonds. The number of carbonyl (C=O) groups excluding carboxylic acids is 1. The van der Waals surface area contributed by atoms with Crippen LogP contribution >= 0.6 is 0 Å². The molecule has 0 aromatic heterocycles. The maximum Gasteiger partial charge on any atom is 0.310 e. The Morgan fingerprint density at radius 2 is 2.15 bits per heavy atom. The molecular formula is C10H17NO2. The number of carbonyl (C=O) groups is 1. The van der Waals surface area contributed by atoms with Crippen molar-refractivity contribution in [3.05, 3.63) is 0 Å². The van der Waals surface area contributed by atoms with Gasteiger partial charge in [-0.3, -0.25) is 4.79 Å². The minimum Gasteiger partial charge on any atom is -0.469 e. The Kier molecular flexibility index (Phi) is 2.06. The van der Waals surface area contributed by atoms with Gasteiger partial charge in [-0.1, -0.05) is 0 Å². The van der Waals surface area contributed by atoms with E-state index < -0.39 is 0 Å². The van der Waals surface area contributed by atoms with Crippen LogP contribution in [0.25, 0.3) is 0 Å². The summed E-state index contributed by atoms with van der Waals surface area (Å²) in [5.41, 5.74) is 6.38. The lowest BCUT2D eigenvalue weighted by Gasteiger charge is -2.32. The fraction of sp³-hybridized carbons (Fsp3) is 0.900. The van der Waals surface area contributed by atoms with Gasteiger partial charge >= 0.3 is 5.97 Å². The van der Waals surface area contributed by atoms with Gasteiger partial charge in [0.1, 0.15) is 0 Å². The highest BCUT2D eigenvalue weighted by Gasteiger charge is 2.49. The van der Waals surface area contributed by atoms with Gasteiger partial charge in [-0.15, -0.1) is 0 Å². The van der Waals surface area contributed by atoms with Gasteiger partial charge in [0, 0.05) is 6.04 Å². The minimum absolute atomic E-state index is 0.0266. The van der Waals surface area contributed by atoms with Crippen LogP contribution in [0, 0.1) is 11.3 Å². The van der Waals surface area contributed by atoms with Crippen molar-refractivity contribution in [1.29, 1.82) is 0 Å². The molecule has 0 aromatic rings. The Labute approximate surface area is 78.6 Å². The quantitative estimate of drug-likeness (QED) is 0.618. The van der Waals surface area contributed by atoms with Crippen LogP contribution in [0.3, 0.4) is 0 Å². The fourth-order valence-corrected chi connectivity index (χ4v) is 2.43. The van der Waals surface area contributed by atoms with Crippen molar-refractivity contribution in [2.75, 3.05) is 7.11 Å². The third-order valence-corrected chi connectivity index (χ3v) is 3.64. The van der Waals surface area contributed by atoms with E-state index in [9.17, 15) is 4.79 Å². The smallest absolute Gasteiger partial charge is 0.310 e. The normalized spacial score (nSPS) is 35.8. The zero-order valence-corrected chi connectivity index (χ0v) is 8.08. The van der Waals surface area contributed by atoms with Crippen molar-refractivity contribution >= 4 is 5.97 Å². The van der Waals surface area contributed by atoms with Crippen molar-refractivity contribution < 1.29 is 9.53 Å². The summed E-state index contributed by atoms with van der Waals surface area (Å²) in [6.45, 7) is 0. The van der Waals surface area contributed by atoms with Crippen molar-refractivity contribution in [2.45, 2.75) is 38.1 Å². The van der Waals surface area contributed by atoms with Crippen LogP contribution in [0.1, 0.15) is 32.1 Å². The summed E-state index contributed by atoms with van der Waals surface area (Å²) in [6, 6.07) is 0.0266. The Hall–Kier alpha value is -0.570. The summed E-state index contributed by atoms with van der Waals surface area (Å²) in [7, 11) is 1.45. The summed E-state index contributed by atoms with van der Waals surface area (Å²) in [4.78, 5) is 11.4. The molecule has 3 heteroatoms. The van der Waals surface area contributed by atoms with E-state index in [1.807, 2.05) is 0 Å². The number of hydrogen-bond acceptors (Lipinski definition) is 3. The molecule has 2 rings (SSSR count). The molecule has 0 aromatic carbocycles. The third kappa shape index (κ3) is 1.57. The zero-order chi connectivity index (χ0) is 9.47. The molecule has 0 bridgehead atoms. The lowest BCUT2D eigenvalue weighted by atomic mass is 9.76. The molecule has 74 valence electrons. The predicted octanol–water partition coefficient (Wildman–Crippen LogP) is 1.07. The van der Waals surface area contributed by atoms with E-state index in [4.69, 9.17) is 10.5 Å². The lowest BCUT2D eigenvalue weighted by molar-refractivity contribution is -0.148. The Bertz CT molecular complexity index is 223. The second kappa shape index (κ2) is 2.98. The van der Waals surface area contributed by atoms with E-state index in [2.05, 4.69) is 0 Å². The SMILES string of the molecule is COC(=O)C1CC2(CCC1N)CC2. The van der Waals surface area contributed by atoms with E-state index >= 15 is 0 Å². The molecule has 2 aliphatic rings. The maximum absolute atomic E-state index is 11.4. The molecule has 1 spiro atoms. The average Bonchev–Trinajstić information content (AvgIpc) is 2.89. The van der Waals surface area contributed by atoms with Crippen LogP contribution in [0.15, 0.2) is 0 Å².